The molecule has 1 fully saturated rings. The van der Waals surface area contributed by atoms with Gasteiger partial charge in [0.15, 0.2) is 0 Å². The van der Waals surface area contributed by atoms with Crippen molar-refractivity contribution in [2.24, 2.45) is 11.8 Å². The topological polar surface area (TPSA) is 26.3 Å². The molecule has 2 heteroatoms. The van der Waals surface area contributed by atoms with E-state index in [2.05, 4.69) is 20.8 Å². The summed E-state index contributed by atoms with van der Waals surface area (Å²) >= 11 is 0. The zero-order valence-electron chi connectivity index (χ0n) is 11.2. The largest absolute Gasteiger partial charge is 0.459 e. The third-order valence-electron chi connectivity index (χ3n) is 3.85. The normalized spacial score (nSPS) is 30.4. The maximum absolute atomic E-state index is 11.5. The molecule has 0 amide bonds. The first-order valence-electron chi connectivity index (χ1n) is 6.68. The van der Waals surface area contributed by atoms with E-state index in [0.29, 0.717) is 6.42 Å². The van der Waals surface area contributed by atoms with Crippen LogP contribution in [-0.4, -0.2) is 11.6 Å². The summed E-state index contributed by atoms with van der Waals surface area (Å²) < 4.78 is 5.61. The molecular weight excluding hydrogens is 200 g/mol. The molecule has 0 aromatic carbocycles. The van der Waals surface area contributed by atoms with Gasteiger partial charge in [0.2, 0.25) is 0 Å². The summed E-state index contributed by atoms with van der Waals surface area (Å²) in [6.45, 7) is 8.68. The van der Waals surface area contributed by atoms with Crippen LogP contribution in [0.2, 0.25) is 0 Å². The fourth-order valence-electron chi connectivity index (χ4n) is 2.55. The van der Waals surface area contributed by atoms with Crippen LogP contribution in [0.3, 0.4) is 0 Å². The van der Waals surface area contributed by atoms with Crippen molar-refractivity contribution in [3.63, 3.8) is 0 Å². The van der Waals surface area contributed by atoms with Gasteiger partial charge in [0, 0.05) is 6.42 Å². The average Bonchev–Trinajstić information content (AvgIpc) is 2.17. The summed E-state index contributed by atoms with van der Waals surface area (Å²) in [5.41, 5.74) is -0.183. The Morgan fingerprint density at radius 2 is 1.94 bits per heavy atom. The highest BCUT2D eigenvalue weighted by Gasteiger charge is 2.34. The molecule has 0 bridgehead atoms. The zero-order valence-corrected chi connectivity index (χ0v) is 11.2. The smallest absolute Gasteiger partial charge is 0.306 e. The predicted molar refractivity (Wildman–Crippen MR) is 66.2 cm³/mol. The number of esters is 1. The quantitative estimate of drug-likeness (QED) is 0.679. The van der Waals surface area contributed by atoms with Gasteiger partial charge in [-0.3, -0.25) is 4.79 Å². The monoisotopic (exact) mass is 226 g/mol. The maximum atomic E-state index is 11.5. The van der Waals surface area contributed by atoms with Gasteiger partial charge in [0.05, 0.1) is 0 Å². The molecule has 0 aromatic heterocycles. The zero-order chi connectivity index (χ0) is 12.2. The second-order valence-electron chi connectivity index (χ2n) is 5.76. The molecule has 0 radical (unpaired) electrons. The molecule has 2 nitrogen and oxygen atoms in total. The minimum atomic E-state index is -0.183. The third-order valence-corrected chi connectivity index (χ3v) is 3.85. The number of carbonyl (C=O) groups excluding carboxylic acids is 1. The molecule has 0 unspecified atom stereocenters. The van der Waals surface area contributed by atoms with Crippen LogP contribution < -0.4 is 0 Å². The highest BCUT2D eigenvalue weighted by atomic mass is 16.6. The Morgan fingerprint density at radius 3 is 2.38 bits per heavy atom. The summed E-state index contributed by atoms with van der Waals surface area (Å²) in [5.74, 6) is 1.56. The summed E-state index contributed by atoms with van der Waals surface area (Å²) in [4.78, 5) is 11.5. The molecule has 94 valence electrons. The van der Waals surface area contributed by atoms with E-state index >= 15 is 0 Å². The first kappa shape index (κ1) is 13.5. The van der Waals surface area contributed by atoms with Crippen LogP contribution in [0.1, 0.15) is 66.2 Å². The van der Waals surface area contributed by atoms with E-state index in [1.807, 2.05) is 6.92 Å². The molecule has 1 aliphatic rings. The van der Waals surface area contributed by atoms with Crippen LogP contribution >= 0.6 is 0 Å². The average molecular weight is 226 g/mol. The van der Waals surface area contributed by atoms with Gasteiger partial charge in [0.25, 0.3) is 0 Å². The SMILES string of the molecule is CCCC(=O)OC1(C)CCC(C(C)C)CC1. The Hall–Kier alpha value is -0.530. The number of hydrogen-bond donors (Lipinski definition) is 0. The lowest BCUT2D eigenvalue weighted by Gasteiger charge is -2.38. The molecule has 0 saturated heterocycles. The number of rotatable bonds is 4. The Morgan fingerprint density at radius 1 is 1.38 bits per heavy atom. The molecule has 0 atom stereocenters. The van der Waals surface area contributed by atoms with E-state index in [-0.39, 0.29) is 11.6 Å². The van der Waals surface area contributed by atoms with E-state index in [1.54, 1.807) is 0 Å². The summed E-state index contributed by atoms with van der Waals surface area (Å²) in [6.07, 6.45) is 5.91. The van der Waals surface area contributed by atoms with Crippen LogP contribution in [0, 0.1) is 11.8 Å². The van der Waals surface area contributed by atoms with Crippen molar-refractivity contribution in [1.82, 2.24) is 0 Å². The van der Waals surface area contributed by atoms with E-state index in [1.165, 1.54) is 12.8 Å². The molecule has 1 saturated carbocycles. The van der Waals surface area contributed by atoms with Gasteiger partial charge in [-0.05, 0) is 50.9 Å². The molecule has 1 aliphatic carbocycles. The second-order valence-corrected chi connectivity index (χ2v) is 5.76. The van der Waals surface area contributed by atoms with Crippen molar-refractivity contribution in [3.05, 3.63) is 0 Å². The van der Waals surface area contributed by atoms with Crippen molar-refractivity contribution < 1.29 is 9.53 Å². The van der Waals surface area contributed by atoms with Crippen molar-refractivity contribution in [2.45, 2.75) is 71.8 Å². The molecule has 0 heterocycles. The fourth-order valence-corrected chi connectivity index (χ4v) is 2.55. The molecule has 0 aromatic rings. The first-order chi connectivity index (χ1) is 7.47. The number of carbonyl (C=O) groups is 1. The van der Waals surface area contributed by atoms with E-state index in [0.717, 1.165) is 31.1 Å². The minimum Gasteiger partial charge on any atom is -0.459 e. The van der Waals surface area contributed by atoms with Gasteiger partial charge >= 0.3 is 5.97 Å². The lowest BCUT2D eigenvalue weighted by Crippen LogP contribution is -2.37. The lowest BCUT2D eigenvalue weighted by molar-refractivity contribution is -0.162. The summed E-state index contributed by atoms with van der Waals surface area (Å²) in [5, 5.41) is 0. The fraction of sp³-hybridized carbons (Fsp3) is 0.929. The molecule has 0 spiro atoms. The first-order valence-corrected chi connectivity index (χ1v) is 6.68. The van der Waals surface area contributed by atoms with E-state index < -0.39 is 0 Å². The number of hydrogen-bond acceptors (Lipinski definition) is 2. The predicted octanol–water partition coefficient (Wildman–Crippen LogP) is 3.93. The molecule has 0 aliphatic heterocycles. The molecule has 1 rings (SSSR count). The van der Waals surface area contributed by atoms with Crippen LogP contribution in [0.4, 0.5) is 0 Å². The van der Waals surface area contributed by atoms with Crippen LogP contribution in [0.5, 0.6) is 0 Å². The van der Waals surface area contributed by atoms with E-state index in [9.17, 15) is 4.79 Å². The standard InChI is InChI=1S/C14H26O2/c1-5-6-13(15)16-14(4)9-7-12(8-10-14)11(2)3/h11-12H,5-10H2,1-4H3. The maximum Gasteiger partial charge on any atom is 0.306 e. The Kier molecular flexibility index (Phi) is 4.82. The van der Waals surface area contributed by atoms with Crippen molar-refractivity contribution in [2.75, 3.05) is 0 Å². The van der Waals surface area contributed by atoms with Gasteiger partial charge in [-0.2, -0.15) is 0 Å². The minimum absolute atomic E-state index is 0.0204. The van der Waals surface area contributed by atoms with Gasteiger partial charge in [-0.15, -0.1) is 0 Å². The highest BCUT2D eigenvalue weighted by Crippen LogP contribution is 2.37. The van der Waals surface area contributed by atoms with Crippen molar-refractivity contribution >= 4 is 5.97 Å². The van der Waals surface area contributed by atoms with Gasteiger partial charge in [-0.25, -0.2) is 0 Å². The van der Waals surface area contributed by atoms with Crippen molar-refractivity contribution in [1.29, 1.82) is 0 Å². The van der Waals surface area contributed by atoms with Crippen molar-refractivity contribution in [3.8, 4) is 0 Å². The Balaban J connectivity index is 2.40. The lowest BCUT2D eigenvalue weighted by atomic mass is 9.75. The summed E-state index contributed by atoms with van der Waals surface area (Å²) in [6, 6.07) is 0. The van der Waals surface area contributed by atoms with E-state index in [4.69, 9.17) is 4.74 Å². The molecular formula is C14H26O2. The van der Waals surface area contributed by atoms with Gasteiger partial charge < -0.3 is 4.74 Å². The highest BCUT2D eigenvalue weighted by molar-refractivity contribution is 5.69. The Labute approximate surface area is 99.8 Å². The van der Waals surface area contributed by atoms with Crippen LogP contribution in [0.15, 0.2) is 0 Å². The number of ether oxygens (including phenoxy) is 1. The van der Waals surface area contributed by atoms with Gasteiger partial charge in [0.1, 0.15) is 5.60 Å². The van der Waals surface area contributed by atoms with Crippen LogP contribution in [0.25, 0.3) is 0 Å². The second kappa shape index (κ2) is 5.70. The summed E-state index contributed by atoms with van der Waals surface area (Å²) in [7, 11) is 0. The Bertz CT molecular complexity index is 225. The van der Waals surface area contributed by atoms with Gasteiger partial charge in [-0.1, -0.05) is 20.8 Å². The third kappa shape index (κ3) is 3.80. The molecule has 16 heavy (non-hydrogen) atoms. The van der Waals surface area contributed by atoms with Crippen LogP contribution in [-0.2, 0) is 9.53 Å². The molecule has 0 N–H and O–H groups in total.